The maximum Gasteiger partial charge on any atom is 0.306 e. The maximum atomic E-state index is 12.2. The summed E-state index contributed by atoms with van der Waals surface area (Å²) in [4.78, 5) is 12.2. The summed E-state index contributed by atoms with van der Waals surface area (Å²) in [6, 6.07) is 0. The van der Waals surface area contributed by atoms with Gasteiger partial charge in [0.2, 0.25) is 0 Å². The molecule has 0 aromatic rings. The van der Waals surface area contributed by atoms with Crippen molar-refractivity contribution < 1.29 is 19.4 Å². The van der Waals surface area contributed by atoms with E-state index in [2.05, 4.69) is 86.8 Å². The molecule has 0 bridgehead atoms. The van der Waals surface area contributed by atoms with E-state index in [9.17, 15) is 9.90 Å². The maximum absolute atomic E-state index is 12.2. The molecule has 0 spiro atoms. The van der Waals surface area contributed by atoms with E-state index in [0.29, 0.717) is 13.0 Å². The Morgan fingerprint density at radius 3 is 1.21 bits per heavy atom. The van der Waals surface area contributed by atoms with Crippen LogP contribution in [0.1, 0.15) is 226 Å². The van der Waals surface area contributed by atoms with Crippen LogP contribution < -0.4 is 0 Å². The van der Waals surface area contributed by atoms with Crippen molar-refractivity contribution in [1.29, 1.82) is 0 Å². The van der Waals surface area contributed by atoms with Gasteiger partial charge in [-0.15, -0.1) is 0 Å². The van der Waals surface area contributed by atoms with E-state index in [-0.39, 0.29) is 19.2 Å². The molecule has 0 aliphatic carbocycles. The number of hydrogen-bond donors (Lipinski definition) is 1. The highest BCUT2D eigenvalue weighted by Gasteiger charge is 2.13. The third-order valence-electron chi connectivity index (χ3n) is 10.3. The molecule has 0 aliphatic rings. The summed E-state index contributed by atoms with van der Waals surface area (Å²) < 4.78 is 11.2. The van der Waals surface area contributed by atoms with Crippen molar-refractivity contribution in [3.63, 3.8) is 0 Å². The van der Waals surface area contributed by atoms with Crippen LogP contribution in [0.2, 0.25) is 0 Å². The second-order valence-electron chi connectivity index (χ2n) is 15.8. The Morgan fingerprint density at radius 2 is 0.804 bits per heavy atom. The summed E-state index contributed by atoms with van der Waals surface area (Å²) in [7, 11) is 0. The van der Waals surface area contributed by atoms with E-state index in [0.717, 1.165) is 64.2 Å². The second kappa shape index (κ2) is 49.0. The van der Waals surface area contributed by atoms with E-state index in [4.69, 9.17) is 9.47 Å². The molecule has 4 heteroatoms. The van der Waals surface area contributed by atoms with Crippen molar-refractivity contribution in [3.8, 4) is 0 Å². The lowest BCUT2D eigenvalue weighted by atomic mass is 10.0. The molecule has 0 saturated carbocycles. The molecule has 1 unspecified atom stereocenters. The van der Waals surface area contributed by atoms with Gasteiger partial charge in [-0.3, -0.25) is 4.79 Å². The lowest BCUT2D eigenvalue weighted by Gasteiger charge is -2.16. The number of unbranched alkanes of at least 4 members (excludes halogenated alkanes) is 24. The molecule has 56 heavy (non-hydrogen) atoms. The number of hydrogen-bond acceptors (Lipinski definition) is 4. The largest absolute Gasteiger partial charge is 0.457 e. The molecular formula is C52H92O4. The molecule has 0 aromatic carbocycles. The zero-order valence-electron chi connectivity index (χ0n) is 37.1. The summed E-state index contributed by atoms with van der Waals surface area (Å²) in [6.07, 6.45) is 66.9. The monoisotopic (exact) mass is 781 g/mol. The SMILES string of the molecule is CC/C=C\C/C=C\C/C=C\C/C=C\C/C=C\C/C=C\CCCCCCCCCOCC(CO)OC(=O)CCCCCCCCCCCCCCCCCCCC. The number of aliphatic hydroxyl groups excluding tert-OH is 1. The van der Waals surface area contributed by atoms with Gasteiger partial charge in [0.1, 0.15) is 6.10 Å². The van der Waals surface area contributed by atoms with Crippen LogP contribution in [0.5, 0.6) is 0 Å². The summed E-state index contributed by atoms with van der Waals surface area (Å²) in [6.45, 7) is 5.23. The Morgan fingerprint density at radius 1 is 0.446 bits per heavy atom. The quantitative estimate of drug-likeness (QED) is 0.0380. The minimum absolute atomic E-state index is 0.177. The van der Waals surface area contributed by atoms with Gasteiger partial charge in [-0.25, -0.2) is 0 Å². The molecule has 0 aliphatic heterocycles. The van der Waals surface area contributed by atoms with Crippen LogP contribution >= 0.6 is 0 Å². The fourth-order valence-electron chi connectivity index (χ4n) is 6.74. The molecule has 4 nitrogen and oxygen atoms in total. The topological polar surface area (TPSA) is 55.8 Å². The van der Waals surface area contributed by atoms with Crippen molar-refractivity contribution in [2.24, 2.45) is 0 Å². The van der Waals surface area contributed by atoms with Crippen molar-refractivity contribution in [1.82, 2.24) is 0 Å². The van der Waals surface area contributed by atoms with Gasteiger partial charge in [0.15, 0.2) is 0 Å². The smallest absolute Gasteiger partial charge is 0.306 e. The average molecular weight is 781 g/mol. The minimum atomic E-state index is -0.542. The molecule has 0 radical (unpaired) electrons. The van der Waals surface area contributed by atoms with Crippen LogP contribution in [0.3, 0.4) is 0 Å². The first-order chi connectivity index (χ1) is 27.7. The van der Waals surface area contributed by atoms with Gasteiger partial charge in [-0.1, -0.05) is 228 Å². The Hall–Kier alpha value is -2.17. The summed E-state index contributed by atoms with van der Waals surface area (Å²) in [5, 5.41) is 9.63. The van der Waals surface area contributed by atoms with E-state index >= 15 is 0 Å². The normalized spacial score (nSPS) is 13.0. The number of carbonyl (C=O) groups is 1. The Kier molecular flexibility index (Phi) is 47.1. The molecule has 0 heterocycles. The predicted octanol–water partition coefficient (Wildman–Crippen LogP) is 16.2. The highest BCUT2D eigenvalue weighted by Crippen LogP contribution is 2.15. The van der Waals surface area contributed by atoms with E-state index in [1.807, 2.05) is 0 Å². The van der Waals surface area contributed by atoms with Crippen LogP contribution in [0, 0.1) is 0 Å². The number of esters is 1. The standard InChI is InChI=1S/C52H92O4/c1-3-5-7-9-11-13-15-17-19-21-23-24-25-26-27-28-29-30-32-34-36-38-40-42-44-46-48-55-50-51(49-53)56-52(54)47-45-43-41-39-37-35-33-31-22-20-18-16-14-12-10-8-6-4-2/h5,7,11,13,17,19,23-24,26-27,29-30,51,53H,3-4,6,8-10,12,14-16,18,20-22,25,28,31-50H2,1-2H3/b7-5-,13-11-,19-17-,24-23-,27-26-,30-29-. The fraction of sp³-hybridized carbons (Fsp3) is 0.750. The van der Waals surface area contributed by atoms with Gasteiger partial charge in [0.05, 0.1) is 13.2 Å². The Bertz CT molecular complexity index is 958. The van der Waals surface area contributed by atoms with Gasteiger partial charge in [-0.2, -0.15) is 0 Å². The van der Waals surface area contributed by atoms with E-state index in [1.165, 1.54) is 141 Å². The summed E-state index contributed by atoms with van der Waals surface area (Å²) in [5.74, 6) is -0.204. The predicted molar refractivity (Wildman–Crippen MR) is 246 cm³/mol. The Balaban J connectivity index is 3.47. The molecule has 1 N–H and O–H groups in total. The third-order valence-corrected chi connectivity index (χ3v) is 10.3. The van der Waals surface area contributed by atoms with E-state index < -0.39 is 6.10 Å². The van der Waals surface area contributed by atoms with Crippen molar-refractivity contribution in [2.45, 2.75) is 232 Å². The van der Waals surface area contributed by atoms with Crippen molar-refractivity contribution in [2.75, 3.05) is 19.8 Å². The number of ether oxygens (including phenoxy) is 2. The highest BCUT2D eigenvalue weighted by molar-refractivity contribution is 5.69. The first-order valence-corrected chi connectivity index (χ1v) is 24.0. The minimum Gasteiger partial charge on any atom is -0.457 e. The molecule has 0 aromatic heterocycles. The summed E-state index contributed by atoms with van der Waals surface area (Å²) >= 11 is 0. The number of allylic oxidation sites excluding steroid dienone is 12. The van der Waals surface area contributed by atoms with Crippen LogP contribution in [0.15, 0.2) is 72.9 Å². The van der Waals surface area contributed by atoms with E-state index in [1.54, 1.807) is 0 Å². The molecule has 324 valence electrons. The van der Waals surface area contributed by atoms with Crippen molar-refractivity contribution in [3.05, 3.63) is 72.9 Å². The fourth-order valence-corrected chi connectivity index (χ4v) is 6.74. The number of rotatable bonds is 44. The first kappa shape index (κ1) is 53.8. The average Bonchev–Trinajstić information content (AvgIpc) is 3.20. The van der Waals surface area contributed by atoms with Gasteiger partial charge in [0, 0.05) is 13.0 Å². The second-order valence-corrected chi connectivity index (χ2v) is 15.8. The molecule has 0 saturated heterocycles. The zero-order chi connectivity index (χ0) is 40.5. The van der Waals surface area contributed by atoms with Crippen molar-refractivity contribution >= 4 is 5.97 Å². The van der Waals surface area contributed by atoms with Gasteiger partial charge in [-0.05, 0) is 64.2 Å². The molecule has 0 amide bonds. The molecule has 1 atom stereocenters. The lowest BCUT2D eigenvalue weighted by molar-refractivity contribution is -0.154. The number of aliphatic hydroxyl groups is 1. The third kappa shape index (κ3) is 46.2. The number of carbonyl (C=O) groups excluding carboxylic acids is 1. The van der Waals surface area contributed by atoms with Crippen LogP contribution in [0.4, 0.5) is 0 Å². The van der Waals surface area contributed by atoms with Crippen LogP contribution in [-0.2, 0) is 14.3 Å². The summed E-state index contributed by atoms with van der Waals surface area (Å²) in [5.41, 5.74) is 0. The van der Waals surface area contributed by atoms with Gasteiger partial charge < -0.3 is 14.6 Å². The van der Waals surface area contributed by atoms with Crippen LogP contribution in [0.25, 0.3) is 0 Å². The van der Waals surface area contributed by atoms with Gasteiger partial charge >= 0.3 is 5.97 Å². The van der Waals surface area contributed by atoms with Crippen LogP contribution in [-0.4, -0.2) is 37.0 Å². The molecule has 0 fully saturated rings. The molecular weight excluding hydrogens is 689 g/mol. The first-order valence-electron chi connectivity index (χ1n) is 24.0. The highest BCUT2D eigenvalue weighted by atomic mass is 16.6. The molecule has 0 rings (SSSR count). The Labute approximate surface area is 348 Å². The zero-order valence-corrected chi connectivity index (χ0v) is 37.1. The van der Waals surface area contributed by atoms with Gasteiger partial charge in [0.25, 0.3) is 0 Å². The lowest BCUT2D eigenvalue weighted by Crippen LogP contribution is -2.27.